The quantitative estimate of drug-likeness (QED) is 0.610. The summed E-state index contributed by atoms with van der Waals surface area (Å²) in [5.41, 5.74) is 1.88. The van der Waals surface area contributed by atoms with Gasteiger partial charge in [0.25, 0.3) is 0 Å². The SMILES string of the molecule is Cc1cc(S(N)(=O)=O)cc(NC(=O)/C=C/c2sc3ccccc3c2Cl)c1C. The van der Waals surface area contributed by atoms with Gasteiger partial charge < -0.3 is 5.32 Å². The van der Waals surface area contributed by atoms with Crippen LogP contribution in [0.5, 0.6) is 0 Å². The standard InChI is InChI=1S/C19H17ClN2O3S2/c1-11-9-13(27(21,24)25)10-15(12(11)2)22-18(23)8-7-17-19(20)14-5-3-4-6-16(14)26-17/h3-10H,1-2H3,(H,22,23)(H2,21,24,25)/b8-7+. The number of nitrogens with two attached hydrogens (primary N) is 1. The number of hydrogen-bond donors (Lipinski definition) is 2. The Morgan fingerprint density at radius 2 is 1.93 bits per heavy atom. The molecule has 0 aliphatic heterocycles. The molecular weight excluding hydrogens is 404 g/mol. The topological polar surface area (TPSA) is 89.3 Å². The van der Waals surface area contributed by atoms with E-state index in [1.807, 2.05) is 24.3 Å². The van der Waals surface area contributed by atoms with Crippen LogP contribution in [0, 0.1) is 13.8 Å². The van der Waals surface area contributed by atoms with Crippen molar-refractivity contribution in [2.75, 3.05) is 5.32 Å². The second kappa shape index (κ2) is 7.44. The van der Waals surface area contributed by atoms with E-state index < -0.39 is 15.9 Å². The second-order valence-electron chi connectivity index (χ2n) is 6.06. The molecule has 140 valence electrons. The second-order valence-corrected chi connectivity index (χ2v) is 9.08. The van der Waals surface area contributed by atoms with Gasteiger partial charge in [-0.1, -0.05) is 29.8 Å². The van der Waals surface area contributed by atoms with E-state index in [-0.39, 0.29) is 4.90 Å². The summed E-state index contributed by atoms with van der Waals surface area (Å²) >= 11 is 7.85. The number of benzene rings is 2. The summed E-state index contributed by atoms with van der Waals surface area (Å²) in [5.74, 6) is -0.391. The van der Waals surface area contributed by atoms with Crippen molar-refractivity contribution in [1.29, 1.82) is 0 Å². The number of rotatable bonds is 4. The third-order valence-electron chi connectivity index (χ3n) is 4.17. The van der Waals surface area contributed by atoms with Gasteiger partial charge in [0.05, 0.1) is 9.92 Å². The number of fused-ring (bicyclic) bond motifs is 1. The molecule has 1 heterocycles. The average Bonchev–Trinajstić information content (AvgIpc) is 2.92. The number of anilines is 1. The molecule has 0 saturated carbocycles. The summed E-state index contributed by atoms with van der Waals surface area (Å²) in [4.78, 5) is 13.1. The third kappa shape index (κ3) is 4.22. The molecule has 0 saturated heterocycles. The van der Waals surface area contributed by atoms with E-state index in [4.69, 9.17) is 16.7 Å². The van der Waals surface area contributed by atoms with E-state index in [0.29, 0.717) is 16.3 Å². The molecule has 3 aromatic rings. The van der Waals surface area contributed by atoms with E-state index >= 15 is 0 Å². The van der Waals surface area contributed by atoms with Crippen LogP contribution in [-0.2, 0) is 14.8 Å². The van der Waals surface area contributed by atoms with E-state index in [1.165, 1.54) is 29.5 Å². The van der Waals surface area contributed by atoms with Crippen molar-refractivity contribution in [2.45, 2.75) is 18.7 Å². The number of halogens is 1. The number of nitrogens with one attached hydrogen (secondary N) is 1. The van der Waals surface area contributed by atoms with Crippen molar-refractivity contribution < 1.29 is 13.2 Å². The van der Waals surface area contributed by atoms with Crippen LogP contribution in [-0.4, -0.2) is 14.3 Å². The Morgan fingerprint density at radius 1 is 1.22 bits per heavy atom. The summed E-state index contributed by atoms with van der Waals surface area (Å²) in [6, 6.07) is 10.6. The number of carbonyl (C=O) groups is 1. The predicted molar refractivity (Wildman–Crippen MR) is 112 cm³/mol. The summed E-state index contributed by atoms with van der Waals surface area (Å²) < 4.78 is 24.2. The molecule has 0 atom stereocenters. The van der Waals surface area contributed by atoms with Crippen LogP contribution in [0.3, 0.4) is 0 Å². The van der Waals surface area contributed by atoms with Crippen LogP contribution < -0.4 is 10.5 Å². The molecule has 0 aliphatic rings. The molecule has 0 fully saturated rings. The first kappa shape index (κ1) is 19.6. The molecule has 0 unspecified atom stereocenters. The molecule has 1 amide bonds. The molecule has 8 heteroatoms. The predicted octanol–water partition coefficient (Wildman–Crippen LogP) is 4.47. The number of hydrogen-bond acceptors (Lipinski definition) is 4. The number of carbonyl (C=O) groups excluding carboxylic acids is 1. The van der Waals surface area contributed by atoms with E-state index in [1.54, 1.807) is 19.9 Å². The number of primary sulfonamides is 1. The van der Waals surface area contributed by atoms with Gasteiger partial charge in [0.2, 0.25) is 15.9 Å². The molecule has 2 aromatic carbocycles. The summed E-state index contributed by atoms with van der Waals surface area (Å²) in [7, 11) is -3.86. The van der Waals surface area contributed by atoms with Crippen LogP contribution in [0.1, 0.15) is 16.0 Å². The van der Waals surface area contributed by atoms with Gasteiger partial charge in [0.15, 0.2) is 0 Å². The lowest BCUT2D eigenvalue weighted by molar-refractivity contribution is -0.111. The maximum Gasteiger partial charge on any atom is 0.248 e. The van der Waals surface area contributed by atoms with Crippen molar-refractivity contribution in [3.8, 4) is 0 Å². The first-order valence-corrected chi connectivity index (χ1v) is 10.7. The Hall–Kier alpha value is -2.19. The largest absolute Gasteiger partial charge is 0.322 e. The van der Waals surface area contributed by atoms with Crippen molar-refractivity contribution in [2.24, 2.45) is 5.14 Å². The highest BCUT2D eigenvalue weighted by Gasteiger charge is 2.14. The number of amides is 1. The molecule has 0 aliphatic carbocycles. The summed E-state index contributed by atoms with van der Waals surface area (Å²) in [6.45, 7) is 3.55. The van der Waals surface area contributed by atoms with Crippen LogP contribution in [0.2, 0.25) is 5.02 Å². The molecule has 0 bridgehead atoms. The molecule has 0 spiro atoms. The molecule has 3 N–H and O–H groups in total. The van der Waals surface area contributed by atoms with Gasteiger partial charge in [-0.25, -0.2) is 13.6 Å². The van der Waals surface area contributed by atoms with Crippen molar-refractivity contribution in [1.82, 2.24) is 0 Å². The minimum Gasteiger partial charge on any atom is -0.322 e. The Balaban J connectivity index is 1.86. The molecule has 27 heavy (non-hydrogen) atoms. The first-order valence-electron chi connectivity index (χ1n) is 7.97. The van der Waals surface area contributed by atoms with Crippen molar-refractivity contribution in [3.05, 3.63) is 63.5 Å². The fraction of sp³-hybridized carbons (Fsp3) is 0.105. The fourth-order valence-electron chi connectivity index (χ4n) is 2.59. The minimum absolute atomic E-state index is 0.0440. The Bertz CT molecular complexity index is 1180. The van der Waals surface area contributed by atoms with Gasteiger partial charge in [0, 0.05) is 26.7 Å². The lowest BCUT2D eigenvalue weighted by Crippen LogP contribution is -2.15. The van der Waals surface area contributed by atoms with Crippen LogP contribution in [0.25, 0.3) is 16.2 Å². The zero-order valence-electron chi connectivity index (χ0n) is 14.6. The smallest absolute Gasteiger partial charge is 0.248 e. The average molecular weight is 421 g/mol. The zero-order valence-corrected chi connectivity index (χ0v) is 17.0. The monoisotopic (exact) mass is 420 g/mol. The molecule has 1 aromatic heterocycles. The highest BCUT2D eigenvalue weighted by atomic mass is 35.5. The van der Waals surface area contributed by atoms with Crippen molar-refractivity contribution in [3.63, 3.8) is 0 Å². The lowest BCUT2D eigenvalue weighted by Gasteiger charge is -2.11. The maximum absolute atomic E-state index is 12.3. The van der Waals surface area contributed by atoms with Gasteiger partial charge in [-0.2, -0.15) is 0 Å². The highest BCUT2D eigenvalue weighted by Crippen LogP contribution is 2.36. The molecule has 0 radical (unpaired) electrons. The van der Waals surface area contributed by atoms with Gasteiger partial charge >= 0.3 is 0 Å². The zero-order chi connectivity index (χ0) is 19.8. The molecular formula is C19H17ClN2O3S2. The minimum atomic E-state index is -3.86. The van der Waals surface area contributed by atoms with Crippen LogP contribution in [0.15, 0.2) is 47.4 Å². The Labute approximate surface area is 166 Å². The number of sulfonamides is 1. The Morgan fingerprint density at radius 3 is 2.59 bits per heavy atom. The first-order chi connectivity index (χ1) is 12.7. The molecule has 5 nitrogen and oxygen atoms in total. The van der Waals surface area contributed by atoms with Crippen molar-refractivity contribution >= 4 is 60.7 Å². The van der Waals surface area contributed by atoms with Crippen LogP contribution in [0.4, 0.5) is 5.69 Å². The Kier molecular flexibility index (Phi) is 5.39. The fourth-order valence-corrected chi connectivity index (χ4v) is 4.61. The normalized spacial score (nSPS) is 12.0. The highest BCUT2D eigenvalue weighted by molar-refractivity contribution is 7.89. The van der Waals surface area contributed by atoms with Gasteiger partial charge in [-0.15, -0.1) is 11.3 Å². The van der Waals surface area contributed by atoms with E-state index in [2.05, 4.69) is 5.32 Å². The third-order valence-corrected chi connectivity index (χ3v) is 6.72. The summed E-state index contributed by atoms with van der Waals surface area (Å²) in [5, 5.41) is 9.44. The van der Waals surface area contributed by atoms with E-state index in [9.17, 15) is 13.2 Å². The number of aryl methyl sites for hydroxylation is 1. The van der Waals surface area contributed by atoms with Gasteiger partial charge in [-0.3, -0.25) is 4.79 Å². The number of thiophene rings is 1. The molecule has 3 rings (SSSR count). The van der Waals surface area contributed by atoms with Gasteiger partial charge in [0.1, 0.15) is 0 Å². The van der Waals surface area contributed by atoms with Crippen LogP contribution >= 0.6 is 22.9 Å². The van der Waals surface area contributed by atoms with Gasteiger partial charge in [-0.05, 0) is 49.2 Å². The maximum atomic E-state index is 12.3. The summed E-state index contributed by atoms with van der Waals surface area (Å²) in [6.07, 6.45) is 3.02. The lowest BCUT2D eigenvalue weighted by atomic mass is 10.1. The van der Waals surface area contributed by atoms with E-state index in [0.717, 1.165) is 20.5 Å².